The minimum atomic E-state index is -0.845. The monoisotopic (exact) mass is 552 g/mol. The van der Waals surface area contributed by atoms with Crippen LogP contribution in [-0.2, 0) is 27.2 Å². The van der Waals surface area contributed by atoms with Crippen LogP contribution in [0.5, 0.6) is 11.5 Å². The number of hydrogen-bond donors (Lipinski definition) is 4. The summed E-state index contributed by atoms with van der Waals surface area (Å²) < 4.78 is 11.0. The fourth-order valence-corrected chi connectivity index (χ4v) is 5.42. The van der Waals surface area contributed by atoms with Crippen molar-refractivity contribution in [3.05, 3.63) is 58.7 Å². The van der Waals surface area contributed by atoms with Crippen LogP contribution in [0.25, 0.3) is 0 Å². The molecule has 2 saturated carbocycles. The second-order valence-electron chi connectivity index (χ2n) is 10.6. The summed E-state index contributed by atoms with van der Waals surface area (Å²) in [6.07, 6.45) is 2.58. The molecule has 0 saturated heterocycles. The predicted molar refractivity (Wildman–Crippen MR) is 149 cm³/mol. The Bertz CT molecular complexity index is 1210. The molecule has 4 N–H and O–H groups in total. The highest BCUT2D eigenvalue weighted by molar-refractivity contribution is 5.76. The molecule has 0 bridgehead atoms. The van der Waals surface area contributed by atoms with Gasteiger partial charge >= 0.3 is 6.16 Å². The average Bonchev–Trinajstić information content (AvgIpc) is 3.88. The number of phenols is 1. The molecule has 4 rings (SSSR count). The minimum Gasteiger partial charge on any atom is -0.508 e. The maximum Gasteiger partial charge on any atom is 0.513 e. The summed E-state index contributed by atoms with van der Waals surface area (Å²) in [5.74, 6) is 1.69. The number of rotatable bonds is 14. The topological polar surface area (TPSA) is 134 Å². The van der Waals surface area contributed by atoms with E-state index in [9.17, 15) is 24.6 Å². The third-order valence-electron chi connectivity index (χ3n) is 7.89. The van der Waals surface area contributed by atoms with Gasteiger partial charge in [-0.05, 0) is 66.2 Å². The molecule has 216 valence electrons. The van der Waals surface area contributed by atoms with E-state index >= 15 is 0 Å². The Morgan fingerprint density at radius 3 is 2.00 bits per heavy atom. The summed E-state index contributed by atoms with van der Waals surface area (Å²) in [4.78, 5) is 35.8. The first-order valence-electron chi connectivity index (χ1n) is 14.3. The smallest absolute Gasteiger partial charge is 0.508 e. The Labute approximate surface area is 235 Å². The molecular weight excluding hydrogens is 512 g/mol. The predicted octanol–water partition coefficient (Wildman–Crippen LogP) is 3.94. The molecule has 2 fully saturated rings. The zero-order chi connectivity index (χ0) is 28.6. The van der Waals surface area contributed by atoms with Crippen molar-refractivity contribution in [3.63, 3.8) is 0 Å². The highest BCUT2D eigenvalue weighted by atomic mass is 16.7. The fourth-order valence-electron chi connectivity index (χ4n) is 5.42. The van der Waals surface area contributed by atoms with Gasteiger partial charge < -0.3 is 30.3 Å². The summed E-state index contributed by atoms with van der Waals surface area (Å²) >= 11 is 0. The molecule has 2 aliphatic carbocycles. The first-order valence-corrected chi connectivity index (χ1v) is 14.3. The van der Waals surface area contributed by atoms with Gasteiger partial charge in [-0.1, -0.05) is 38.1 Å². The number of hydrogen-bond acceptors (Lipinski definition) is 7. The lowest BCUT2D eigenvalue weighted by atomic mass is 9.98. The Morgan fingerprint density at radius 1 is 0.850 bits per heavy atom. The van der Waals surface area contributed by atoms with E-state index in [2.05, 4.69) is 10.6 Å². The molecule has 9 nitrogen and oxygen atoms in total. The van der Waals surface area contributed by atoms with Crippen LogP contribution in [0.1, 0.15) is 73.6 Å². The molecule has 2 amide bonds. The number of amides is 2. The Morgan fingerprint density at radius 2 is 1.43 bits per heavy atom. The molecule has 2 aliphatic rings. The van der Waals surface area contributed by atoms with E-state index in [-0.39, 0.29) is 42.6 Å². The van der Waals surface area contributed by atoms with Crippen molar-refractivity contribution in [1.82, 2.24) is 10.6 Å². The molecule has 9 heteroatoms. The molecular formula is C31H40N2O7. The first kappa shape index (κ1) is 29.4. The van der Waals surface area contributed by atoms with Crippen molar-refractivity contribution >= 4 is 18.0 Å². The van der Waals surface area contributed by atoms with Gasteiger partial charge in [0.15, 0.2) is 0 Å². The molecule has 0 radical (unpaired) electrons. The molecule has 0 spiro atoms. The maximum atomic E-state index is 12.6. The molecule has 40 heavy (non-hydrogen) atoms. The van der Waals surface area contributed by atoms with Gasteiger partial charge in [-0.3, -0.25) is 9.59 Å². The van der Waals surface area contributed by atoms with Crippen LogP contribution < -0.4 is 15.4 Å². The lowest BCUT2D eigenvalue weighted by Crippen LogP contribution is -2.24. The van der Waals surface area contributed by atoms with Crippen LogP contribution in [0, 0.1) is 11.8 Å². The molecule has 0 heterocycles. The van der Waals surface area contributed by atoms with Gasteiger partial charge in [-0.25, -0.2) is 4.79 Å². The van der Waals surface area contributed by atoms with E-state index in [0.717, 1.165) is 35.1 Å². The van der Waals surface area contributed by atoms with Crippen molar-refractivity contribution in [2.75, 3.05) is 26.3 Å². The molecule has 4 atom stereocenters. The Kier molecular flexibility index (Phi) is 10.0. The highest BCUT2D eigenvalue weighted by Crippen LogP contribution is 2.50. The van der Waals surface area contributed by atoms with Gasteiger partial charge in [0.1, 0.15) is 11.5 Å². The number of benzene rings is 2. The van der Waals surface area contributed by atoms with Crippen LogP contribution >= 0.6 is 0 Å². The number of aliphatic hydroxyl groups is 1. The molecule has 0 aromatic heterocycles. The second kappa shape index (κ2) is 13.7. The van der Waals surface area contributed by atoms with E-state index in [1.807, 2.05) is 32.0 Å². The van der Waals surface area contributed by atoms with Crippen LogP contribution in [0.2, 0.25) is 0 Å². The summed E-state index contributed by atoms with van der Waals surface area (Å²) in [6, 6.07) is 10.9. The number of carbonyl (C=O) groups is 3. The van der Waals surface area contributed by atoms with Crippen molar-refractivity contribution in [1.29, 1.82) is 0 Å². The van der Waals surface area contributed by atoms with Crippen molar-refractivity contribution < 1.29 is 34.1 Å². The van der Waals surface area contributed by atoms with Crippen LogP contribution in [0.4, 0.5) is 4.79 Å². The third kappa shape index (κ3) is 7.53. The highest BCUT2D eigenvalue weighted by Gasteiger charge is 2.41. The quantitative estimate of drug-likeness (QED) is 0.206. The molecule has 4 unspecified atom stereocenters. The number of phenolic OH excluding ortho intramolecular Hbond substituents is 1. The molecule has 0 aliphatic heterocycles. The summed E-state index contributed by atoms with van der Waals surface area (Å²) in [5.41, 5.74) is 3.54. The Hall–Kier alpha value is -3.59. The van der Waals surface area contributed by atoms with Gasteiger partial charge in [0.2, 0.25) is 11.8 Å². The first-order chi connectivity index (χ1) is 19.4. The zero-order valence-corrected chi connectivity index (χ0v) is 23.3. The minimum absolute atomic E-state index is 0.0226. The largest absolute Gasteiger partial charge is 0.513 e. The normalized spacial score (nSPS) is 20.9. The van der Waals surface area contributed by atoms with Crippen LogP contribution in [0.15, 0.2) is 36.4 Å². The summed E-state index contributed by atoms with van der Waals surface area (Å²) in [7, 11) is 0. The molecule has 2 aromatic rings. The maximum absolute atomic E-state index is 12.6. The number of carbonyl (C=O) groups excluding carboxylic acids is 3. The zero-order valence-electron chi connectivity index (χ0n) is 23.3. The van der Waals surface area contributed by atoms with E-state index in [0.29, 0.717) is 56.4 Å². The van der Waals surface area contributed by atoms with Gasteiger partial charge in [0.25, 0.3) is 0 Å². The number of nitrogens with one attached hydrogen (secondary N) is 2. The van der Waals surface area contributed by atoms with Gasteiger partial charge in [0, 0.05) is 50.1 Å². The lowest BCUT2D eigenvalue weighted by molar-refractivity contribution is -0.121. The van der Waals surface area contributed by atoms with Gasteiger partial charge in [-0.2, -0.15) is 0 Å². The third-order valence-corrected chi connectivity index (χ3v) is 7.89. The van der Waals surface area contributed by atoms with E-state index in [4.69, 9.17) is 9.47 Å². The molecule has 2 aromatic carbocycles. The van der Waals surface area contributed by atoms with Crippen LogP contribution in [0.3, 0.4) is 0 Å². The standard InChI is InChI=1S/C31H40N2O7/c1-3-29(36)32-17-19-15-25(19)21-7-5-9-27(35)23(21)12-14-39-31(38)40-28-10-6-8-22(24(28)11-13-34)26-16-20(26)18-33-30(37)4-2/h5-10,19-20,25-26,34-35H,3-4,11-18H2,1-2H3,(H,32,36)(H,33,37). The van der Waals surface area contributed by atoms with E-state index in [1.54, 1.807) is 18.2 Å². The van der Waals surface area contributed by atoms with Gasteiger partial charge in [0.05, 0.1) is 6.61 Å². The number of aliphatic hydroxyl groups excluding tert-OH is 1. The van der Waals surface area contributed by atoms with Crippen LogP contribution in [-0.4, -0.2) is 54.5 Å². The van der Waals surface area contributed by atoms with E-state index < -0.39 is 6.16 Å². The van der Waals surface area contributed by atoms with E-state index in [1.165, 1.54) is 0 Å². The van der Waals surface area contributed by atoms with Crippen molar-refractivity contribution in [2.24, 2.45) is 11.8 Å². The van der Waals surface area contributed by atoms with Crippen molar-refractivity contribution in [2.45, 2.75) is 64.2 Å². The van der Waals surface area contributed by atoms with Gasteiger partial charge in [-0.15, -0.1) is 0 Å². The summed E-state index contributed by atoms with van der Waals surface area (Å²) in [5, 5.41) is 26.0. The summed E-state index contributed by atoms with van der Waals surface area (Å²) in [6.45, 7) is 4.80. The number of aromatic hydroxyl groups is 1. The fraction of sp³-hybridized carbons (Fsp3) is 0.516. The SMILES string of the molecule is CCC(=O)NCC1CC1c1cccc(O)c1CCOC(=O)Oc1cccc(C2CC2CNC(=O)CC)c1CCO. The van der Waals surface area contributed by atoms with Crippen molar-refractivity contribution in [3.8, 4) is 11.5 Å². The second-order valence-corrected chi connectivity index (χ2v) is 10.6. The Balaban J connectivity index is 1.33. The average molecular weight is 553 g/mol. The lowest BCUT2D eigenvalue weighted by Gasteiger charge is -2.15. The number of ether oxygens (including phenoxy) is 2.